The lowest BCUT2D eigenvalue weighted by Gasteiger charge is -2.27. The molecule has 11 heteroatoms. The summed E-state index contributed by atoms with van der Waals surface area (Å²) >= 11 is 1.06. The molecule has 1 aliphatic rings. The van der Waals surface area contributed by atoms with Crippen LogP contribution < -0.4 is 9.61 Å². The number of halogens is 1. The van der Waals surface area contributed by atoms with E-state index >= 15 is 4.39 Å². The second-order valence-corrected chi connectivity index (χ2v) is 11.8. The van der Waals surface area contributed by atoms with Crippen LogP contribution in [0.1, 0.15) is 40.9 Å². The molecule has 0 spiro atoms. The monoisotopic (exact) mass is 535 g/mol. The molecule has 8 nitrogen and oxygen atoms in total. The first kappa shape index (κ1) is 26.3. The van der Waals surface area contributed by atoms with E-state index < -0.39 is 31.4 Å². The van der Waals surface area contributed by atoms with Crippen LogP contribution in [0.15, 0.2) is 54.6 Å². The smallest absolute Gasteiger partial charge is 0.355 e. The van der Waals surface area contributed by atoms with Gasteiger partial charge < -0.3 is 19.1 Å². The number of nitrogens with one attached hydrogen (secondary N) is 1. The zero-order valence-electron chi connectivity index (χ0n) is 19.6. The molecule has 0 radical (unpaired) electrons. The first-order valence-electron chi connectivity index (χ1n) is 11.5. The van der Waals surface area contributed by atoms with Crippen LogP contribution in [-0.4, -0.2) is 42.9 Å². The van der Waals surface area contributed by atoms with Gasteiger partial charge in [0.15, 0.2) is 0 Å². The van der Waals surface area contributed by atoms with Gasteiger partial charge in [0.1, 0.15) is 16.7 Å². The molecule has 0 amide bonds. The SMILES string of the molecule is C[C@H](NP(=O)(Oc1ccccc1)[C@@H](F)c1ccc2sc(C(=O)O)cc2c1)C(=O)OCC1CCOCC1. The van der Waals surface area contributed by atoms with Gasteiger partial charge in [0, 0.05) is 17.9 Å². The van der Waals surface area contributed by atoms with E-state index in [1.165, 1.54) is 37.3 Å². The fraction of sp³-hybridized carbons (Fsp3) is 0.360. The standard InChI is InChI=1S/C25H27FNO7PS/c1-16(25(30)33-15-17-9-11-32-12-10-17)27-35(31,34-20-5-3-2-4-6-20)23(26)18-7-8-21-19(13-18)14-22(36-21)24(28)29/h2-8,13-14,16-17,23H,9-12,15H2,1H3,(H,27,31)(H,28,29)/t16-,23+,35?/m0/s1. The lowest BCUT2D eigenvalue weighted by Crippen LogP contribution is -2.36. The number of benzene rings is 2. The average molecular weight is 536 g/mol. The molecule has 3 atom stereocenters. The Balaban J connectivity index is 1.55. The summed E-state index contributed by atoms with van der Waals surface area (Å²) < 4.78 is 46.9. The molecule has 192 valence electrons. The van der Waals surface area contributed by atoms with Crippen molar-refractivity contribution in [3.63, 3.8) is 0 Å². The second kappa shape index (κ2) is 11.5. The third kappa shape index (κ3) is 6.31. The summed E-state index contributed by atoms with van der Waals surface area (Å²) in [5, 5.41) is 12.3. The van der Waals surface area contributed by atoms with E-state index in [4.69, 9.17) is 14.0 Å². The van der Waals surface area contributed by atoms with E-state index in [1.54, 1.807) is 24.3 Å². The van der Waals surface area contributed by atoms with Crippen LogP contribution >= 0.6 is 18.9 Å². The van der Waals surface area contributed by atoms with Gasteiger partial charge in [-0.05, 0) is 67.0 Å². The van der Waals surface area contributed by atoms with Crippen molar-refractivity contribution in [1.29, 1.82) is 0 Å². The van der Waals surface area contributed by atoms with Crippen LogP contribution in [0, 0.1) is 5.92 Å². The molecule has 2 aromatic carbocycles. The minimum absolute atomic E-state index is 0.0341. The fourth-order valence-corrected chi connectivity index (χ4v) is 6.64. The predicted molar refractivity (Wildman–Crippen MR) is 134 cm³/mol. The minimum atomic E-state index is -4.36. The second-order valence-electron chi connectivity index (χ2n) is 8.59. The van der Waals surface area contributed by atoms with Crippen LogP contribution in [0.2, 0.25) is 0 Å². The van der Waals surface area contributed by atoms with Crippen molar-refractivity contribution in [2.75, 3.05) is 19.8 Å². The maximum absolute atomic E-state index is 15.9. The highest BCUT2D eigenvalue weighted by molar-refractivity contribution is 7.57. The topological polar surface area (TPSA) is 111 Å². The molecule has 4 rings (SSSR count). The number of carbonyl (C=O) groups is 2. The number of aromatic carboxylic acids is 1. The number of carbonyl (C=O) groups excluding carboxylic acids is 1. The van der Waals surface area contributed by atoms with E-state index in [9.17, 15) is 19.3 Å². The first-order chi connectivity index (χ1) is 17.2. The molecule has 1 aliphatic heterocycles. The van der Waals surface area contributed by atoms with E-state index in [0.29, 0.717) is 23.3 Å². The third-order valence-corrected chi connectivity index (χ3v) is 9.07. The summed E-state index contributed by atoms with van der Waals surface area (Å²) in [6.07, 6.45) is 1.57. The number of hydrogen-bond donors (Lipinski definition) is 2. The Hall–Kier alpha value is -2.78. The molecule has 1 unspecified atom stereocenters. The lowest BCUT2D eigenvalue weighted by molar-refractivity contribution is -0.147. The summed E-state index contributed by atoms with van der Waals surface area (Å²) in [5.74, 6) is -3.53. The number of carboxylic acid groups (broad SMARTS) is 1. The van der Waals surface area contributed by atoms with E-state index in [2.05, 4.69) is 5.09 Å². The number of hydrogen-bond acceptors (Lipinski definition) is 7. The van der Waals surface area contributed by atoms with E-state index in [1.807, 2.05) is 0 Å². The van der Waals surface area contributed by atoms with Gasteiger partial charge in [-0.25, -0.2) is 14.3 Å². The first-order valence-corrected chi connectivity index (χ1v) is 14.0. The Morgan fingerprint density at radius 2 is 1.92 bits per heavy atom. The van der Waals surface area contributed by atoms with E-state index in [0.717, 1.165) is 24.2 Å². The zero-order chi connectivity index (χ0) is 25.7. The summed E-state index contributed by atoms with van der Waals surface area (Å²) in [4.78, 5) is 24.1. The summed E-state index contributed by atoms with van der Waals surface area (Å²) in [5.41, 5.74) is 0.0341. The Labute approximate surface area is 211 Å². The Morgan fingerprint density at radius 3 is 2.61 bits per heavy atom. The van der Waals surface area contributed by atoms with Gasteiger partial charge in [0.2, 0.25) is 5.91 Å². The number of alkyl halides is 1. The van der Waals surface area contributed by atoms with Gasteiger partial charge in [-0.3, -0.25) is 9.36 Å². The highest BCUT2D eigenvalue weighted by atomic mass is 32.1. The minimum Gasteiger partial charge on any atom is -0.477 e. The number of rotatable bonds is 10. The van der Waals surface area contributed by atoms with Crippen LogP contribution in [0.3, 0.4) is 0 Å². The number of fused-ring (bicyclic) bond motifs is 1. The van der Waals surface area contributed by atoms with Crippen LogP contribution in [-0.2, 0) is 18.8 Å². The number of ether oxygens (including phenoxy) is 2. The molecule has 2 heterocycles. The van der Waals surface area contributed by atoms with Gasteiger partial charge >= 0.3 is 19.5 Å². The lowest BCUT2D eigenvalue weighted by atomic mass is 10.0. The van der Waals surface area contributed by atoms with Crippen molar-refractivity contribution >= 4 is 40.9 Å². The molecule has 1 aromatic heterocycles. The van der Waals surface area contributed by atoms with Gasteiger partial charge in [-0.2, -0.15) is 0 Å². The fourth-order valence-electron chi connectivity index (χ4n) is 3.85. The van der Waals surface area contributed by atoms with Gasteiger partial charge in [-0.15, -0.1) is 11.3 Å². The van der Waals surface area contributed by atoms with E-state index in [-0.39, 0.29) is 28.7 Å². The van der Waals surface area contributed by atoms with Gasteiger partial charge in [-0.1, -0.05) is 24.3 Å². The highest BCUT2D eigenvalue weighted by Crippen LogP contribution is 2.58. The third-order valence-electron chi connectivity index (χ3n) is 5.84. The maximum atomic E-state index is 15.9. The molecule has 2 N–H and O–H groups in total. The van der Waals surface area contributed by atoms with Crippen LogP contribution in [0.4, 0.5) is 4.39 Å². The molecule has 3 aromatic rings. The number of carboxylic acids is 1. The van der Waals surface area contributed by atoms with Crippen molar-refractivity contribution in [2.45, 2.75) is 31.7 Å². The molecule has 0 bridgehead atoms. The average Bonchev–Trinajstić information content (AvgIpc) is 3.32. The van der Waals surface area contributed by atoms with Gasteiger partial charge in [0.05, 0.1) is 6.61 Å². The Kier molecular flexibility index (Phi) is 8.41. The largest absolute Gasteiger partial charge is 0.477 e. The van der Waals surface area contributed by atoms with Gasteiger partial charge in [0.25, 0.3) is 0 Å². The van der Waals surface area contributed by atoms with Crippen molar-refractivity contribution in [1.82, 2.24) is 5.09 Å². The molecule has 0 aliphatic carbocycles. The summed E-state index contributed by atoms with van der Waals surface area (Å²) in [6.45, 7) is 2.88. The molecule has 1 fully saturated rings. The predicted octanol–water partition coefficient (Wildman–Crippen LogP) is 5.79. The zero-order valence-corrected chi connectivity index (χ0v) is 21.3. The molecular weight excluding hydrogens is 508 g/mol. The molecule has 36 heavy (non-hydrogen) atoms. The molecular formula is C25H27FNO7PS. The quantitative estimate of drug-likeness (QED) is 0.248. The van der Waals surface area contributed by atoms with Crippen molar-refractivity contribution in [3.05, 3.63) is 65.0 Å². The highest BCUT2D eigenvalue weighted by Gasteiger charge is 2.41. The van der Waals surface area contributed by atoms with Crippen molar-refractivity contribution in [2.24, 2.45) is 5.92 Å². The number of thiophene rings is 1. The summed E-state index contributed by atoms with van der Waals surface area (Å²) in [7, 11) is -4.36. The van der Waals surface area contributed by atoms with Crippen molar-refractivity contribution in [3.8, 4) is 5.75 Å². The van der Waals surface area contributed by atoms with Crippen molar-refractivity contribution < 1.29 is 37.6 Å². The normalized spacial score (nSPS) is 17.7. The Morgan fingerprint density at radius 1 is 1.19 bits per heavy atom. The maximum Gasteiger partial charge on any atom is 0.355 e. The molecule has 0 saturated carbocycles. The summed E-state index contributed by atoms with van der Waals surface area (Å²) in [6, 6.07) is 12.9. The molecule has 1 saturated heterocycles. The van der Waals surface area contributed by atoms with Crippen LogP contribution in [0.25, 0.3) is 10.1 Å². The number of para-hydroxylation sites is 1. The number of esters is 1. The Bertz CT molecular complexity index is 1260. The van der Waals surface area contributed by atoms with Crippen LogP contribution in [0.5, 0.6) is 5.75 Å².